The summed E-state index contributed by atoms with van der Waals surface area (Å²) >= 11 is 0. The summed E-state index contributed by atoms with van der Waals surface area (Å²) in [6.07, 6.45) is 9.45. The Balaban J connectivity index is 1.22. The Morgan fingerprint density at radius 2 is 1.88 bits per heavy atom. The van der Waals surface area contributed by atoms with Crippen molar-refractivity contribution in [3.63, 3.8) is 0 Å². The van der Waals surface area contributed by atoms with Crippen LogP contribution in [0.4, 0.5) is 5.69 Å². The van der Waals surface area contributed by atoms with Gasteiger partial charge in [-0.3, -0.25) is 4.79 Å². The van der Waals surface area contributed by atoms with Crippen LogP contribution in [0.5, 0.6) is 5.88 Å². The summed E-state index contributed by atoms with van der Waals surface area (Å²) in [6, 6.07) is 10.5. The number of pyridine rings is 1. The van der Waals surface area contributed by atoms with Crippen molar-refractivity contribution >= 4 is 11.6 Å². The first-order valence-electron chi connectivity index (χ1n) is 12.1. The average molecular weight is 435 g/mol. The highest BCUT2D eigenvalue weighted by Crippen LogP contribution is 2.31. The smallest absolute Gasteiger partial charge is 0.253 e. The van der Waals surface area contributed by atoms with E-state index in [0.29, 0.717) is 11.4 Å². The Labute approximate surface area is 191 Å². The predicted octanol–water partition coefficient (Wildman–Crippen LogP) is 3.44. The summed E-state index contributed by atoms with van der Waals surface area (Å²) in [5.74, 6) is 0.576. The number of anilines is 1. The summed E-state index contributed by atoms with van der Waals surface area (Å²) in [4.78, 5) is 22.2. The highest BCUT2D eigenvalue weighted by molar-refractivity contribution is 5.94. The molecule has 1 saturated carbocycles. The van der Waals surface area contributed by atoms with Crippen LogP contribution in [-0.4, -0.2) is 61.2 Å². The van der Waals surface area contributed by atoms with Crippen LogP contribution in [0.2, 0.25) is 0 Å². The molecule has 6 heteroatoms. The van der Waals surface area contributed by atoms with E-state index in [2.05, 4.69) is 45.3 Å². The van der Waals surface area contributed by atoms with Gasteiger partial charge in [0.05, 0.1) is 5.56 Å². The van der Waals surface area contributed by atoms with E-state index >= 15 is 0 Å². The number of ether oxygens (including phenoxy) is 1. The van der Waals surface area contributed by atoms with Gasteiger partial charge >= 0.3 is 0 Å². The molecule has 3 aliphatic rings. The van der Waals surface area contributed by atoms with E-state index in [1.165, 1.54) is 29.7 Å². The van der Waals surface area contributed by atoms with Gasteiger partial charge in [0.15, 0.2) is 0 Å². The van der Waals surface area contributed by atoms with Crippen molar-refractivity contribution < 1.29 is 9.53 Å². The van der Waals surface area contributed by atoms with Gasteiger partial charge in [0.2, 0.25) is 5.88 Å². The van der Waals surface area contributed by atoms with Crippen molar-refractivity contribution in [1.29, 1.82) is 0 Å². The monoisotopic (exact) mass is 434 g/mol. The number of amides is 1. The highest BCUT2D eigenvalue weighted by atomic mass is 16.5. The van der Waals surface area contributed by atoms with Gasteiger partial charge in [0.25, 0.3) is 5.91 Å². The maximum absolute atomic E-state index is 12.9. The Hall–Kier alpha value is -2.60. The number of nitrogens with zero attached hydrogens (tertiary/aromatic N) is 3. The summed E-state index contributed by atoms with van der Waals surface area (Å²) in [7, 11) is 2.19. The number of piperazine rings is 1. The van der Waals surface area contributed by atoms with Crippen LogP contribution in [0.25, 0.3) is 0 Å². The number of aromatic nitrogens is 1. The van der Waals surface area contributed by atoms with Crippen LogP contribution in [0, 0.1) is 0 Å². The van der Waals surface area contributed by atoms with E-state index in [-0.39, 0.29) is 18.1 Å². The molecule has 1 atom stereocenters. The lowest BCUT2D eigenvalue weighted by molar-refractivity contribution is 0.0933. The quantitative estimate of drug-likeness (QED) is 0.781. The number of carbonyl (C=O) groups excluding carboxylic acids is 1. The summed E-state index contributed by atoms with van der Waals surface area (Å²) in [5.41, 5.74) is 4.79. The normalized spacial score (nSPS) is 21.9. The number of benzene rings is 1. The van der Waals surface area contributed by atoms with Gasteiger partial charge in [-0.2, -0.15) is 0 Å². The van der Waals surface area contributed by atoms with Crippen molar-refractivity contribution in [3.8, 4) is 5.88 Å². The third-order valence-corrected chi connectivity index (χ3v) is 7.23. The number of nitrogens with one attached hydrogen (secondary N) is 1. The molecule has 5 rings (SSSR count). The second kappa shape index (κ2) is 9.49. The third kappa shape index (κ3) is 4.75. The minimum absolute atomic E-state index is 0.0459. The standard InChI is InChI=1S/C26H34N4O2/c1-29-13-15-30(16-14-29)24-8-4-5-19-9-11-21(17-23(19)24)28-26(31)20-10-12-25(27-18-20)32-22-6-2-3-7-22/h4-5,8,10,12,18,21-22H,2-3,6-7,9,11,13-17H2,1H3,(H,28,31)/t21-/m1/s1. The molecule has 1 aromatic heterocycles. The molecular formula is C26H34N4O2. The van der Waals surface area contributed by atoms with E-state index in [9.17, 15) is 4.79 Å². The van der Waals surface area contributed by atoms with E-state index in [1.54, 1.807) is 6.20 Å². The number of hydrogen-bond donors (Lipinski definition) is 1. The second-order valence-corrected chi connectivity index (χ2v) is 9.53. The Morgan fingerprint density at radius 1 is 1.06 bits per heavy atom. The maximum Gasteiger partial charge on any atom is 0.253 e. The summed E-state index contributed by atoms with van der Waals surface area (Å²) in [5, 5.41) is 3.26. The van der Waals surface area contributed by atoms with Gasteiger partial charge < -0.3 is 19.9 Å². The molecule has 170 valence electrons. The fourth-order valence-corrected chi connectivity index (χ4v) is 5.27. The van der Waals surface area contributed by atoms with E-state index in [4.69, 9.17) is 4.74 Å². The first-order valence-corrected chi connectivity index (χ1v) is 12.1. The molecule has 1 aliphatic heterocycles. The Kier molecular flexibility index (Phi) is 6.30. The summed E-state index contributed by atoms with van der Waals surface area (Å²) in [6.45, 7) is 4.31. The number of likely N-dealkylation sites (N-methyl/N-ethyl adjacent to an activating group) is 1. The van der Waals surface area contributed by atoms with Gasteiger partial charge in [-0.15, -0.1) is 0 Å². The second-order valence-electron chi connectivity index (χ2n) is 9.53. The lowest BCUT2D eigenvalue weighted by Crippen LogP contribution is -2.45. The van der Waals surface area contributed by atoms with Crippen LogP contribution >= 0.6 is 0 Å². The lowest BCUT2D eigenvalue weighted by Gasteiger charge is -2.37. The topological polar surface area (TPSA) is 57.7 Å². The minimum Gasteiger partial charge on any atom is -0.474 e. The van der Waals surface area contributed by atoms with E-state index in [0.717, 1.165) is 58.3 Å². The number of rotatable bonds is 5. The molecule has 2 heterocycles. The highest BCUT2D eigenvalue weighted by Gasteiger charge is 2.26. The van der Waals surface area contributed by atoms with Gasteiger partial charge in [-0.1, -0.05) is 12.1 Å². The number of hydrogen-bond acceptors (Lipinski definition) is 5. The van der Waals surface area contributed by atoms with Gasteiger partial charge in [0, 0.05) is 50.2 Å². The zero-order chi connectivity index (χ0) is 21.9. The van der Waals surface area contributed by atoms with Crippen LogP contribution in [0.15, 0.2) is 36.5 Å². The molecule has 1 aromatic carbocycles. The molecule has 0 spiro atoms. The zero-order valence-electron chi connectivity index (χ0n) is 19.1. The molecule has 1 saturated heterocycles. The van der Waals surface area contributed by atoms with Crippen molar-refractivity contribution in [3.05, 3.63) is 53.2 Å². The fourth-order valence-electron chi connectivity index (χ4n) is 5.27. The molecule has 32 heavy (non-hydrogen) atoms. The largest absolute Gasteiger partial charge is 0.474 e. The number of carbonyl (C=O) groups is 1. The molecule has 0 radical (unpaired) electrons. The molecular weight excluding hydrogens is 400 g/mol. The predicted molar refractivity (Wildman–Crippen MR) is 127 cm³/mol. The molecule has 2 aliphatic carbocycles. The lowest BCUT2D eigenvalue weighted by atomic mass is 9.86. The van der Waals surface area contributed by atoms with Gasteiger partial charge in [-0.05, 0) is 75.3 Å². The Bertz CT molecular complexity index is 931. The first-order chi connectivity index (χ1) is 15.7. The number of fused-ring (bicyclic) bond motifs is 1. The minimum atomic E-state index is -0.0459. The summed E-state index contributed by atoms with van der Waals surface area (Å²) < 4.78 is 5.93. The SMILES string of the molecule is CN1CCN(c2cccc3c2C[C@H](NC(=O)c2ccc(OC4CCCC4)nc2)CC3)CC1. The van der Waals surface area contributed by atoms with Crippen LogP contribution in [0.3, 0.4) is 0 Å². The van der Waals surface area contributed by atoms with Gasteiger partial charge in [-0.25, -0.2) is 4.98 Å². The third-order valence-electron chi connectivity index (χ3n) is 7.23. The van der Waals surface area contributed by atoms with Crippen molar-refractivity contribution in [2.75, 3.05) is 38.1 Å². The molecule has 1 amide bonds. The zero-order valence-corrected chi connectivity index (χ0v) is 19.1. The molecule has 2 aromatic rings. The van der Waals surface area contributed by atoms with Gasteiger partial charge in [0.1, 0.15) is 6.10 Å². The van der Waals surface area contributed by atoms with E-state index < -0.39 is 0 Å². The van der Waals surface area contributed by atoms with Crippen molar-refractivity contribution in [2.24, 2.45) is 0 Å². The molecule has 1 N–H and O–H groups in total. The molecule has 0 unspecified atom stereocenters. The van der Waals surface area contributed by atoms with Crippen LogP contribution in [0.1, 0.15) is 53.6 Å². The van der Waals surface area contributed by atoms with Crippen LogP contribution < -0.4 is 15.0 Å². The fraction of sp³-hybridized carbons (Fsp3) is 0.538. The van der Waals surface area contributed by atoms with Crippen LogP contribution in [-0.2, 0) is 12.8 Å². The average Bonchev–Trinajstić information content (AvgIpc) is 3.33. The first kappa shape index (κ1) is 21.3. The molecule has 2 fully saturated rings. The Morgan fingerprint density at radius 3 is 2.62 bits per heavy atom. The van der Waals surface area contributed by atoms with Crippen molar-refractivity contribution in [1.82, 2.24) is 15.2 Å². The molecule has 6 nitrogen and oxygen atoms in total. The number of aryl methyl sites for hydroxylation is 1. The molecule has 0 bridgehead atoms. The maximum atomic E-state index is 12.9. The van der Waals surface area contributed by atoms with Crippen molar-refractivity contribution in [2.45, 2.75) is 57.1 Å². The van der Waals surface area contributed by atoms with E-state index in [1.807, 2.05) is 12.1 Å².